The third-order valence-corrected chi connectivity index (χ3v) is 7.80. The molecule has 2 atom stereocenters. The Bertz CT molecular complexity index is 1390. The molecule has 0 radical (unpaired) electrons. The number of nitrogens with zero attached hydrogens (tertiary/aromatic N) is 3. The van der Waals surface area contributed by atoms with Crippen LogP contribution in [0, 0.1) is 6.92 Å². The zero-order valence-electron chi connectivity index (χ0n) is 22.7. The van der Waals surface area contributed by atoms with Crippen LogP contribution in [0.25, 0.3) is 11.3 Å². The van der Waals surface area contributed by atoms with Crippen LogP contribution in [0.2, 0.25) is 5.02 Å². The van der Waals surface area contributed by atoms with Crippen molar-refractivity contribution in [3.05, 3.63) is 75.9 Å². The molecular formula is C30H34ClN5O4. The van der Waals surface area contributed by atoms with E-state index in [4.69, 9.17) is 16.3 Å². The first-order valence-electron chi connectivity index (χ1n) is 13.7. The van der Waals surface area contributed by atoms with Crippen molar-refractivity contribution in [3.8, 4) is 11.3 Å². The van der Waals surface area contributed by atoms with Gasteiger partial charge in [0.2, 0.25) is 11.9 Å². The summed E-state index contributed by atoms with van der Waals surface area (Å²) in [4.78, 5) is 37.5. The molecule has 0 spiro atoms. The van der Waals surface area contributed by atoms with E-state index < -0.39 is 12.1 Å². The molecule has 9 nitrogen and oxygen atoms in total. The molecule has 2 aliphatic rings. The van der Waals surface area contributed by atoms with Crippen LogP contribution >= 0.6 is 11.6 Å². The molecule has 1 saturated heterocycles. The summed E-state index contributed by atoms with van der Waals surface area (Å²) in [5.74, 6) is -0.0395. The monoisotopic (exact) mass is 563 g/mol. The van der Waals surface area contributed by atoms with Gasteiger partial charge < -0.3 is 25.4 Å². The number of aromatic nitrogens is 2. The van der Waals surface area contributed by atoms with Crippen molar-refractivity contribution in [2.75, 3.05) is 25.1 Å². The number of carbonyl (C=O) groups excluding carboxylic acids is 2. The normalized spacial score (nSPS) is 16.9. The van der Waals surface area contributed by atoms with E-state index in [0.717, 1.165) is 29.5 Å². The minimum absolute atomic E-state index is 0.222. The quantitative estimate of drug-likeness (QED) is 0.356. The Morgan fingerprint density at radius 3 is 2.75 bits per heavy atom. The van der Waals surface area contributed by atoms with Crippen molar-refractivity contribution in [2.24, 2.45) is 0 Å². The molecule has 1 aromatic heterocycles. The second kappa shape index (κ2) is 12.3. The van der Waals surface area contributed by atoms with E-state index in [9.17, 15) is 14.7 Å². The van der Waals surface area contributed by atoms with Crippen molar-refractivity contribution in [1.29, 1.82) is 0 Å². The number of hydrogen-bond acceptors (Lipinski definition) is 7. The van der Waals surface area contributed by atoms with E-state index in [-0.39, 0.29) is 24.5 Å². The molecule has 0 bridgehead atoms. The number of carbonyl (C=O) groups is 2. The van der Waals surface area contributed by atoms with Crippen LogP contribution < -0.4 is 10.6 Å². The number of anilines is 1. The zero-order chi connectivity index (χ0) is 28.2. The summed E-state index contributed by atoms with van der Waals surface area (Å²) in [6.45, 7) is 5.31. The Hall–Kier alpha value is -3.53. The van der Waals surface area contributed by atoms with E-state index in [0.29, 0.717) is 54.0 Å². The highest BCUT2D eigenvalue weighted by Crippen LogP contribution is 2.33. The van der Waals surface area contributed by atoms with Gasteiger partial charge in [-0.1, -0.05) is 60.5 Å². The minimum atomic E-state index is -0.680. The Kier molecular flexibility index (Phi) is 8.63. The first-order valence-corrected chi connectivity index (χ1v) is 14.0. The standard InChI is InChI=1S/C30H34ClN5O4/c1-3-26(28(38)34-25(17-37)19-6-4-5-18(2)13-19)36-16-21-8-7-20(14-23(21)29(36)39)27-24(31)15-32-30(35-27)33-22-9-11-40-12-10-22/h4-8,13-15,22,25-26,37H,3,9-12,16-17H2,1-2H3,(H,34,38)(H,32,33,35)/t25-,26-/m1/s1. The van der Waals surface area contributed by atoms with Gasteiger partial charge in [0.05, 0.1) is 29.6 Å². The number of aryl methyl sites for hydroxylation is 1. The van der Waals surface area contributed by atoms with Crippen LogP contribution in [0.1, 0.15) is 59.3 Å². The maximum atomic E-state index is 13.6. The highest BCUT2D eigenvalue weighted by atomic mass is 35.5. The maximum absolute atomic E-state index is 13.6. The lowest BCUT2D eigenvalue weighted by molar-refractivity contribution is -0.127. The number of fused-ring (bicyclic) bond motifs is 1. The largest absolute Gasteiger partial charge is 0.394 e. The lowest BCUT2D eigenvalue weighted by Gasteiger charge is -2.28. The summed E-state index contributed by atoms with van der Waals surface area (Å²) in [6, 6.07) is 12.2. The molecule has 40 heavy (non-hydrogen) atoms. The van der Waals surface area contributed by atoms with Gasteiger partial charge in [-0.15, -0.1) is 0 Å². The number of amides is 2. The number of hydrogen-bond donors (Lipinski definition) is 3. The van der Waals surface area contributed by atoms with E-state index in [1.807, 2.05) is 50.2 Å². The summed E-state index contributed by atoms with van der Waals surface area (Å²) < 4.78 is 5.43. The Balaban J connectivity index is 1.33. The molecule has 3 heterocycles. The molecule has 2 aliphatic heterocycles. The number of ether oxygens (including phenoxy) is 1. The van der Waals surface area contributed by atoms with Gasteiger partial charge in [-0.2, -0.15) is 0 Å². The van der Waals surface area contributed by atoms with Crippen LogP contribution in [0.3, 0.4) is 0 Å². The molecule has 0 unspecified atom stereocenters. The SMILES string of the molecule is CC[C@H](C(=O)N[C@H](CO)c1cccc(C)c1)N1Cc2ccc(-c3nc(NC4CCOCC4)ncc3Cl)cc2C1=O. The molecule has 2 aromatic carbocycles. The van der Waals surface area contributed by atoms with Crippen molar-refractivity contribution in [1.82, 2.24) is 20.2 Å². The topological polar surface area (TPSA) is 117 Å². The third kappa shape index (κ3) is 5.96. The van der Waals surface area contributed by atoms with Gasteiger partial charge in [0.25, 0.3) is 5.91 Å². The van der Waals surface area contributed by atoms with Gasteiger partial charge in [-0.3, -0.25) is 9.59 Å². The molecule has 0 aliphatic carbocycles. The van der Waals surface area contributed by atoms with Crippen molar-refractivity contribution in [3.63, 3.8) is 0 Å². The van der Waals surface area contributed by atoms with Crippen molar-refractivity contribution in [2.45, 2.75) is 57.8 Å². The van der Waals surface area contributed by atoms with Crippen LogP contribution in [0.15, 0.2) is 48.7 Å². The Morgan fingerprint density at radius 2 is 2.02 bits per heavy atom. The number of halogens is 1. The van der Waals surface area contributed by atoms with Gasteiger partial charge in [-0.05, 0) is 43.4 Å². The summed E-state index contributed by atoms with van der Waals surface area (Å²) in [7, 11) is 0. The third-order valence-electron chi connectivity index (χ3n) is 7.52. The first kappa shape index (κ1) is 28.0. The molecule has 10 heteroatoms. The summed E-state index contributed by atoms with van der Waals surface area (Å²) >= 11 is 6.48. The van der Waals surface area contributed by atoms with Gasteiger partial charge in [0.1, 0.15) is 6.04 Å². The summed E-state index contributed by atoms with van der Waals surface area (Å²) in [5.41, 5.74) is 4.45. The van der Waals surface area contributed by atoms with E-state index in [1.165, 1.54) is 0 Å². The average molecular weight is 564 g/mol. The summed E-state index contributed by atoms with van der Waals surface area (Å²) in [6.07, 6.45) is 3.75. The molecule has 5 rings (SSSR count). The van der Waals surface area contributed by atoms with Gasteiger partial charge in [0, 0.05) is 36.9 Å². The van der Waals surface area contributed by atoms with E-state index in [1.54, 1.807) is 17.2 Å². The molecule has 1 fully saturated rings. The predicted molar refractivity (Wildman–Crippen MR) is 153 cm³/mol. The van der Waals surface area contributed by atoms with Crippen LogP contribution in [-0.4, -0.2) is 63.7 Å². The molecule has 2 amide bonds. The minimum Gasteiger partial charge on any atom is -0.394 e. The molecular weight excluding hydrogens is 530 g/mol. The number of aliphatic hydroxyl groups excluding tert-OH is 1. The smallest absolute Gasteiger partial charge is 0.255 e. The highest BCUT2D eigenvalue weighted by Gasteiger charge is 2.36. The highest BCUT2D eigenvalue weighted by molar-refractivity contribution is 6.33. The zero-order valence-corrected chi connectivity index (χ0v) is 23.4. The van der Waals surface area contributed by atoms with Crippen LogP contribution in [0.4, 0.5) is 5.95 Å². The fourth-order valence-corrected chi connectivity index (χ4v) is 5.52. The molecule has 3 aromatic rings. The van der Waals surface area contributed by atoms with Gasteiger partial charge >= 0.3 is 0 Å². The Morgan fingerprint density at radius 1 is 1.23 bits per heavy atom. The lowest BCUT2D eigenvalue weighted by Crippen LogP contribution is -2.48. The number of benzene rings is 2. The molecule has 210 valence electrons. The number of nitrogens with one attached hydrogen (secondary N) is 2. The number of rotatable bonds is 9. The van der Waals surface area contributed by atoms with Crippen molar-refractivity contribution >= 4 is 29.4 Å². The first-order chi connectivity index (χ1) is 19.4. The average Bonchev–Trinajstić information content (AvgIpc) is 3.28. The lowest BCUT2D eigenvalue weighted by atomic mass is 10.0. The number of aliphatic hydroxyl groups is 1. The maximum Gasteiger partial charge on any atom is 0.255 e. The van der Waals surface area contributed by atoms with E-state index in [2.05, 4.69) is 20.6 Å². The van der Waals surface area contributed by atoms with Gasteiger partial charge in [0.15, 0.2) is 0 Å². The van der Waals surface area contributed by atoms with Gasteiger partial charge in [-0.25, -0.2) is 9.97 Å². The molecule has 3 N–H and O–H groups in total. The second-order valence-electron chi connectivity index (χ2n) is 10.3. The van der Waals surface area contributed by atoms with Crippen LogP contribution in [-0.2, 0) is 16.1 Å². The van der Waals surface area contributed by atoms with E-state index >= 15 is 0 Å². The summed E-state index contributed by atoms with van der Waals surface area (Å²) in [5, 5.41) is 16.7. The second-order valence-corrected chi connectivity index (χ2v) is 10.7. The fourth-order valence-electron chi connectivity index (χ4n) is 5.32. The molecule has 0 saturated carbocycles. The fraction of sp³-hybridized carbons (Fsp3) is 0.400. The predicted octanol–water partition coefficient (Wildman–Crippen LogP) is 4.28. The van der Waals surface area contributed by atoms with Crippen molar-refractivity contribution < 1.29 is 19.4 Å². The Labute approximate surface area is 238 Å². The van der Waals surface area contributed by atoms with Crippen LogP contribution in [0.5, 0.6) is 0 Å².